The van der Waals surface area contributed by atoms with Gasteiger partial charge < -0.3 is 4.90 Å². The number of benzene rings is 1. The number of nitrogens with zero attached hydrogens (tertiary/aromatic N) is 4. The molecular formula is C19H22N5+. The molecule has 0 saturated carbocycles. The van der Waals surface area contributed by atoms with Gasteiger partial charge in [-0.2, -0.15) is 9.50 Å². The predicted molar refractivity (Wildman–Crippen MR) is 96.1 cm³/mol. The highest BCUT2D eigenvalue weighted by molar-refractivity contribution is 5.86. The van der Waals surface area contributed by atoms with E-state index in [2.05, 4.69) is 80.1 Å². The van der Waals surface area contributed by atoms with Crippen LogP contribution in [-0.4, -0.2) is 54.3 Å². The molecule has 3 heterocycles. The summed E-state index contributed by atoms with van der Waals surface area (Å²) in [6.45, 7) is 4.08. The molecule has 0 bridgehead atoms. The van der Waals surface area contributed by atoms with Gasteiger partial charge in [-0.1, -0.05) is 24.3 Å². The lowest BCUT2D eigenvalue weighted by atomic mass is 10.2. The van der Waals surface area contributed by atoms with E-state index in [0.29, 0.717) is 0 Å². The average Bonchev–Trinajstić information content (AvgIpc) is 3.01. The monoisotopic (exact) mass is 320 g/mol. The van der Waals surface area contributed by atoms with Crippen molar-refractivity contribution in [2.75, 3.05) is 33.2 Å². The number of likely N-dealkylation sites (N-methyl/N-ethyl adjacent to an activating group) is 1. The molecule has 0 atom stereocenters. The maximum absolute atomic E-state index is 4.68. The van der Waals surface area contributed by atoms with E-state index in [4.69, 9.17) is 0 Å². The molecular weight excluding hydrogens is 298 g/mol. The number of pyridine rings is 1. The highest BCUT2D eigenvalue weighted by atomic mass is 15.5. The van der Waals surface area contributed by atoms with Crippen molar-refractivity contribution in [2.24, 2.45) is 5.10 Å². The Morgan fingerprint density at radius 3 is 2.54 bits per heavy atom. The Morgan fingerprint density at radius 2 is 1.75 bits per heavy atom. The zero-order valence-electron chi connectivity index (χ0n) is 13.9. The molecule has 1 saturated heterocycles. The fraction of sp³-hybridized carbons (Fsp3) is 0.263. The summed E-state index contributed by atoms with van der Waals surface area (Å²) in [4.78, 5) is 5.86. The van der Waals surface area contributed by atoms with Crippen LogP contribution in [0.5, 0.6) is 0 Å². The Kier molecular flexibility index (Phi) is 4.01. The standard InChI is InChI=1S/C19H21N5/c1-22-11-13-23(14-12-22)20-15-17-18-9-5-6-10-24(18)19(21-17)16-7-3-2-4-8-16/h2-10,15H,11-14H2,1H3/p+1/b20-15+. The van der Waals surface area contributed by atoms with Crippen LogP contribution in [0.3, 0.4) is 0 Å². The smallest absolute Gasteiger partial charge is 0.292 e. The number of nitrogens with one attached hydrogen (secondary N) is 1. The van der Waals surface area contributed by atoms with Gasteiger partial charge in [0.1, 0.15) is 0 Å². The molecule has 122 valence electrons. The first kappa shape index (κ1) is 14.9. The number of aromatic amines is 1. The van der Waals surface area contributed by atoms with Crippen molar-refractivity contribution in [3.8, 4) is 11.4 Å². The van der Waals surface area contributed by atoms with Crippen LogP contribution in [0, 0.1) is 0 Å². The van der Waals surface area contributed by atoms with Crippen LogP contribution in [0.15, 0.2) is 59.8 Å². The van der Waals surface area contributed by atoms with Crippen LogP contribution in [-0.2, 0) is 0 Å². The van der Waals surface area contributed by atoms with E-state index < -0.39 is 0 Å². The minimum atomic E-state index is 0.977. The molecule has 1 N–H and O–H groups in total. The number of hydrogen-bond acceptors (Lipinski definition) is 3. The zero-order valence-corrected chi connectivity index (χ0v) is 13.9. The van der Waals surface area contributed by atoms with Crippen LogP contribution in [0.1, 0.15) is 5.69 Å². The molecule has 0 unspecified atom stereocenters. The number of hydrogen-bond donors (Lipinski definition) is 1. The first-order chi connectivity index (χ1) is 11.8. The van der Waals surface area contributed by atoms with Gasteiger partial charge >= 0.3 is 0 Å². The lowest BCUT2D eigenvalue weighted by Gasteiger charge is -2.29. The Labute approximate surface area is 141 Å². The molecule has 2 aromatic heterocycles. The Hall–Kier alpha value is -2.66. The molecule has 4 rings (SSSR count). The fourth-order valence-electron chi connectivity index (χ4n) is 3.07. The molecule has 0 spiro atoms. The average molecular weight is 320 g/mol. The highest BCUT2D eigenvalue weighted by Crippen LogP contribution is 2.16. The number of fused-ring (bicyclic) bond motifs is 1. The number of hydrazone groups is 1. The largest absolute Gasteiger partial charge is 0.303 e. The molecule has 5 heteroatoms. The molecule has 1 aliphatic rings. The lowest BCUT2D eigenvalue weighted by Crippen LogP contribution is -2.41. The summed E-state index contributed by atoms with van der Waals surface area (Å²) in [5.41, 5.74) is 3.33. The number of imidazole rings is 1. The van der Waals surface area contributed by atoms with Crippen LogP contribution < -0.4 is 4.40 Å². The van der Waals surface area contributed by atoms with E-state index in [1.807, 2.05) is 12.3 Å². The van der Waals surface area contributed by atoms with E-state index in [1.165, 1.54) is 0 Å². The maximum Gasteiger partial charge on any atom is 0.292 e. The summed E-state index contributed by atoms with van der Waals surface area (Å²) >= 11 is 0. The van der Waals surface area contributed by atoms with Crippen LogP contribution in [0.25, 0.3) is 16.9 Å². The topological polar surface area (TPSA) is 38.7 Å². The molecule has 0 amide bonds. The van der Waals surface area contributed by atoms with Gasteiger partial charge in [0.25, 0.3) is 5.82 Å². The van der Waals surface area contributed by atoms with Gasteiger partial charge in [-0.3, -0.25) is 5.01 Å². The van der Waals surface area contributed by atoms with Crippen molar-refractivity contribution in [2.45, 2.75) is 0 Å². The SMILES string of the molecule is CN1CCN(/N=C/c2[nH]c(-c3ccccc3)[n+]3ccccc23)CC1. The number of aromatic nitrogens is 2. The molecule has 5 nitrogen and oxygen atoms in total. The predicted octanol–water partition coefficient (Wildman–Crippen LogP) is 2.00. The first-order valence-corrected chi connectivity index (χ1v) is 8.36. The van der Waals surface area contributed by atoms with Gasteiger partial charge in [0.2, 0.25) is 0 Å². The van der Waals surface area contributed by atoms with Gasteiger partial charge in [0.05, 0.1) is 18.0 Å². The third kappa shape index (κ3) is 2.90. The minimum Gasteiger partial charge on any atom is -0.303 e. The van der Waals surface area contributed by atoms with Crippen molar-refractivity contribution in [3.63, 3.8) is 0 Å². The van der Waals surface area contributed by atoms with Crippen molar-refractivity contribution >= 4 is 11.7 Å². The van der Waals surface area contributed by atoms with Crippen molar-refractivity contribution in [1.82, 2.24) is 14.9 Å². The summed E-state index contributed by atoms with van der Waals surface area (Å²) in [5, 5.41) is 6.82. The summed E-state index contributed by atoms with van der Waals surface area (Å²) in [7, 11) is 2.16. The third-order valence-corrected chi connectivity index (χ3v) is 4.51. The second-order valence-corrected chi connectivity index (χ2v) is 6.21. The zero-order chi connectivity index (χ0) is 16.4. The van der Waals surface area contributed by atoms with E-state index in [1.54, 1.807) is 0 Å². The summed E-state index contributed by atoms with van der Waals surface area (Å²) in [5.74, 6) is 1.08. The minimum absolute atomic E-state index is 0.977. The van der Waals surface area contributed by atoms with Gasteiger partial charge in [-0.05, 0) is 31.3 Å². The fourth-order valence-corrected chi connectivity index (χ4v) is 3.07. The number of piperazine rings is 1. The van der Waals surface area contributed by atoms with Gasteiger partial charge in [0.15, 0.2) is 11.2 Å². The third-order valence-electron chi connectivity index (χ3n) is 4.51. The molecule has 3 aromatic rings. The first-order valence-electron chi connectivity index (χ1n) is 8.36. The van der Waals surface area contributed by atoms with Gasteiger partial charge in [-0.15, -0.1) is 0 Å². The summed E-state index contributed by atoms with van der Waals surface area (Å²) in [6.07, 6.45) is 4.04. The van der Waals surface area contributed by atoms with Crippen LogP contribution >= 0.6 is 0 Å². The Morgan fingerprint density at radius 1 is 1.00 bits per heavy atom. The van der Waals surface area contributed by atoms with Crippen molar-refractivity contribution in [1.29, 1.82) is 0 Å². The van der Waals surface area contributed by atoms with Crippen LogP contribution in [0.2, 0.25) is 0 Å². The Bertz CT molecular complexity index is 845. The second-order valence-electron chi connectivity index (χ2n) is 6.21. The van der Waals surface area contributed by atoms with E-state index in [0.717, 1.165) is 48.8 Å². The van der Waals surface area contributed by atoms with E-state index in [-0.39, 0.29) is 0 Å². The van der Waals surface area contributed by atoms with Gasteiger partial charge in [0, 0.05) is 26.2 Å². The summed E-state index contributed by atoms with van der Waals surface area (Å²) < 4.78 is 2.18. The summed E-state index contributed by atoms with van der Waals surface area (Å²) in [6, 6.07) is 16.6. The van der Waals surface area contributed by atoms with E-state index >= 15 is 0 Å². The molecule has 1 aliphatic heterocycles. The van der Waals surface area contributed by atoms with Crippen molar-refractivity contribution < 1.29 is 4.40 Å². The number of H-pyrrole nitrogens is 1. The molecule has 1 aromatic carbocycles. The maximum atomic E-state index is 4.68. The van der Waals surface area contributed by atoms with E-state index in [9.17, 15) is 0 Å². The Balaban J connectivity index is 1.69. The lowest BCUT2D eigenvalue weighted by molar-refractivity contribution is -0.498. The second kappa shape index (κ2) is 6.45. The molecule has 1 fully saturated rings. The number of rotatable bonds is 3. The van der Waals surface area contributed by atoms with Gasteiger partial charge in [-0.25, -0.2) is 4.98 Å². The molecule has 0 aliphatic carbocycles. The van der Waals surface area contributed by atoms with Crippen molar-refractivity contribution in [3.05, 3.63) is 60.4 Å². The van der Waals surface area contributed by atoms with Crippen LogP contribution in [0.4, 0.5) is 0 Å². The normalized spacial score (nSPS) is 16.3. The quantitative estimate of drug-likeness (QED) is 0.592. The highest BCUT2D eigenvalue weighted by Gasteiger charge is 2.19. The molecule has 0 radical (unpaired) electrons. The molecule has 24 heavy (non-hydrogen) atoms.